The summed E-state index contributed by atoms with van der Waals surface area (Å²) in [6.45, 7) is 0.648. The number of amides is 1. The maximum Gasteiger partial charge on any atom is 0.251 e. The monoisotopic (exact) mass is 317 g/mol. The molecule has 0 bridgehead atoms. The first-order valence-electron chi connectivity index (χ1n) is 7.20. The molecule has 0 saturated heterocycles. The molecule has 1 aromatic carbocycles. The van der Waals surface area contributed by atoms with Gasteiger partial charge in [0.1, 0.15) is 5.69 Å². The predicted molar refractivity (Wildman–Crippen MR) is 80.3 cm³/mol. The predicted octanol–water partition coefficient (Wildman–Crippen LogP) is 3.10. The average Bonchev–Trinajstić information content (AvgIpc) is 2.48. The fraction of sp³-hybridized carbons (Fsp3) is 0.312. The van der Waals surface area contributed by atoms with Crippen LogP contribution in [0.1, 0.15) is 35.2 Å². The van der Waals surface area contributed by atoms with Crippen LogP contribution in [0.3, 0.4) is 0 Å². The van der Waals surface area contributed by atoms with E-state index in [2.05, 4.69) is 15.3 Å². The van der Waals surface area contributed by atoms with E-state index in [9.17, 15) is 9.18 Å². The number of fused-ring (bicyclic) bond motifs is 2. The van der Waals surface area contributed by atoms with Gasteiger partial charge in [0.15, 0.2) is 5.82 Å². The van der Waals surface area contributed by atoms with Crippen LogP contribution in [0, 0.1) is 5.82 Å². The standard InChI is InChI=1S/C16H13ClFN3O/c17-15-19-7-12(18)13(21-15)9-2-3-10-11(6-9)16(4-1-5-16)8-20-14(10)22/h2-3,6-7H,1,4-5,8H2,(H,20,22). The molecular formula is C16H13ClFN3O. The van der Waals surface area contributed by atoms with Crippen LogP contribution in [0.4, 0.5) is 4.39 Å². The van der Waals surface area contributed by atoms with Gasteiger partial charge in [0, 0.05) is 23.1 Å². The first kappa shape index (κ1) is 13.6. The zero-order valence-corrected chi connectivity index (χ0v) is 12.5. The summed E-state index contributed by atoms with van der Waals surface area (Å²) in [7, 11) is 0. The molecule has 1 saturated carbocycles. The Hall–Kier alpha value is -2.01. The van der Waals surface area contributed by atoms with Crippen LogP contribution in [-0.2, 0) is 5.41 Å². The molecule has 1 aliphatic carbocycles. The highest BCUT2D eigenvalue weighted by atomic mass is 35.5. The Morgan fingerprint density at radius 1 is 1.32 bits per heavy atom. The van der Waals surface area contributed by atoms with Crippen LogP contribution in [0.2, 0.25) is 5.28 Å². The number of benzene rings is 1. The van der Waals surface area contributed by atoms with Crippen molar-refractivity contribution in [1.82, 2.24) is 15.3 Å². The van der Waals surface area contributed by atoms with Gasteiger partial charge < -0.3 is 5.32 Å². The molecule has 6 heteroatoms. The van der Waals surface area contributed by atoms with Gasteiger partial charge in [-0.1, -0.05) is 12.5 Å². The molecule has 22 heavy (non-hydrogen) atoms. The van der Waals surface area contributed by atoms with E-state index in [1.54, 1.807) is 12.1 Å². The lowest BCUT2D eigenvalue weighted by Crippen LogP contribution is -2.50. The van der Waals surface area contributed by atoms with E-state index in [1.807, 2.05) is 6.07 Å². The molecule has 2 heterocycles. The van der Waals surface area contributed by atoms with Gasteiger partial charge in [0.05, 0.1) is 6.20 Å². The number of carbonyl (C=O) groups is 1. The van der Waals surface area contributed by atoms with Gasteiger partial charge in [-0.05, 0) is 42.1 Å². The molecule has 1 N–H and O–H groups in total. The van der Waals surface area contributed by atoms with Crippen LogP contribution < -0.4 is 5.32 Å². The topological polar surface area (TPSA) is 54.9 Å². The number of halogens is 2. The maximum absolute atomic E-state index is 14.0. The van der Waals surface area contributed by atoms with Gasteiger partial charge >= 0.3 is 0 Å². The zero-order chi connectivity index (χ0) is 15.3. The third kappa shape index (κ3) is 1.92. The van der Waals surface area contributed by atoms with Gasteiger partial charge in [-0.25, -0.2) is 14.4 Å². The minimum atomic E-state index is -0.521. The van der Waals surface area contributed by atoms with Crippen LogP contribution >= 0.6 is 11.6 Å². The molecule has 1 aliphatic heterocycles. The minimum absolute atomic E-state index is 0.00483. The summed E-state index contributed by atoms with van der Waals surface area (Å²) in [5, 5.41) is 2.96. The molecule has 2 aromatic rings. The third-order valence-electron chi connectivity index (χ3n) is 4.72. The van der Waals surface area contributed by atoms with E-state index in [1.165, 1.54) is 0 Å². The van der Waals surface area contributed by atoms with Crippen molar-refractivity contribution < 1.29 is 9.18 Å². The number of aromatic nitrogens is 2. The fourth-order valence-corrected chi connectivity index (χ4v) is 3.50. The van der Waals surface area contributed by atoms with Crippen molar-refractivity contribution in [2.45, 2.75) is 24.7 Å². The van der Waals surface area contributed by atoms with Gasteiger partial charge in [-0.3, -0.25) is 4.79 Å². The lowest BCUT2D eigenvalue weighted by Gasteiger charge is -2.46. The van der Waals surface area contributed by atoms with E-state index in [0.29, 0.717) is 17.7 Å². The number of nitrogens with zero attached hydrogens (tertiary/aromatic N) is 2. The van der Waals surface area contributed by atoms with Crippen molar-refractivity contribution in [3.63, 3.8) is 0 Å². The molecule has 1 aromatic heterocycles. The highest BCUT2D eigenvalue weighted by Gasteiger charge is 2.44. The minimum Gasteiger partial charge on any atom is -0.351 e. The summed E-state index contributed by atoms with van der Waals surface area (Å²) in [5.41, 5.74) is 2.46. The molecule has 112 valence electrons. The molecule has 0 unspecified atom stereocenters. The summed E-state index contributed by atoms with van der Waals surface area (Å²) in [5.74, 6) is -0.590. The molecule has 1 spiro atoms. The summed E-state index contributed by atoms with van der Waals surface area (Å²) < 4.78 is 14.0. The van der Waals surface area contributed by atoms with Gasteiger partial charge in [0.2, 0.25) is 5.28 Å². The van der Waals surface area contributed by atoms with Crippen molar-refractivity contribution in [1.29, 1.82) is 0 Å². The van der Waals surface area contributed by atoms with Crippen LogP contribution in [0.25, 0.3) is 11.3 Å². The number of carbonyl (C=O) groups excluding carboxylic acids is 1. The van der Waals surface area contributed by atoms with Crippen molar-refractivity contribution in [2.24, 2.45) is 0 Å². The summed E-state index contributed by atoms with van der Waals surface area (Å²) >= 11 is 5.77. The van der Waals surface area contributed by atoms with E-state index in [0.717, 1.165) is 31.0 Å². The second-order valence-corrected chi connectivity index (χ2v) is 6.25. The molecule has 0 atom stereocenters. The fourth-order valence-electron chi connectivity index (χ4n) is 3.37. The van der Waals surface area contributed by atoms with E-state index in [4.69, 9.17) is 11.6 Å². The van der Waals surface area contributed by atoms with E-state index >= 15 is 0 Å². The smallest absolute Gasteiger partial charge is 0.251 e. The Morgan fingerprint density at radius 2 is 2.14 bits per heavy atom. The molecule has 4 rings (SSSR count). The Bertz CT molecular complexity index is 789. The normalized spacial score (nSPS) is 18.5. The van der Waals surface area contributed by atoms with Crippen LogP contribution in [-0.4, -0.2) is 22.4 Å². The molecule has 4 nitrogen and oxygen atoms in total. The Kier molecular flexibility index (Phi) is 2.94. The number of nitrogens with one attached hydrogen (secondary N) is 1. The first-order valence-corrected chi connectivity index (χ1v) is 7.58. The van der Waals surface area contributed by atoms with Gasteiger partial charge in [-0.15, -0.1) is 0 Å². The number of hydrogen-bond acceptors (Lipinski definition) is 3. The Morgan fingerprint density at radius 3 is 2.86 bits per heavy atom. The Balaban J connectivity index is 1.88. The SMILES string of the molecule is O=C1NCC2(CCC2)c2cc(-c3nc(Cl)ncc3F)ccc21. The average molecular weight is 318 g/mol. The van der Waals surface area contributed by atoms with E-state index < -0.39 is 5.82 Å². The second-order valence-electron chi connectivity index (χ2n) is 5.91. The van der Waals surface area contributed by atoms with Crippen molar-refractivity contribution in [3.05, 3.63) is 46.6 Å². The summed E-state index contributed by atoms with van der Waals surface area (Å²) in [4.78, 5) is 19.7. The van der Waals surface area contributed by atoms with Crippen molar-refractivity contribution >= 4 is 17.5 Å². The summed E-state index contributed by atoms with van der Waals surface area (Å²) in [6.07, 6.45) is 4.29. The van der Waals surface area contributed by atoms with Gasteiger partial charge in [0.25, 0.3) is 5.91 Å². The second kappa shape index (κ2) is 4.74. The maximum atomic E-state index is 14.0. The van der Waals surface area contributed by atoms with Crippen molar-refractivity contribution in [2.75, 3.05) is 6.54 Å². The lowest BCUT2D eigenvalue weighted by atomic mass is 9.61. The largest absolute Gasteiger partial charge is 0.351 e. The zero-order valence-electron chi connectivity index (χ0n) is 11.7. The molecule has 1 amide bonds. The van der Waals surface area contributed by atoms with Crippen LogP contribution in [0.15, 0.2) is 24.4 Å². The number of rotatable bonds is 1. The third-order valence-corrected chi connectivity index (χ3v) is 4.90. The van der Waals surface area contributed by atoms with Gasteiger partial charge in [-0.2, -0.15) is 0 Å². The highest BCUT2D eigenvalue weighted by Crippen LogP contribution is 2.47. The quantitative estimate of drug-likeness (QED) is 0.822. The first-order chi connectivity index (χ1) is 10.6. The molecule has 1 fully saturated rings. The molecular weight excluding hydrogens is 305 g/mol. The lowest BCUT2D eigenvalue weighted by molar-refractivity contribution is 0.0896. The van der Waals surface area contributed by atoms with Crippen molar-refractivity contribution in [3.8, 4) is 11.3 Å². The summed E-state index contributed by atoms with van der Waals surface area (Å²) in [6, 6.07) is 5.33. The Labute approximate surface area is 131 Å². The highest BCUT2D eigenvalue weighted by molar-refractivity contribution is 6.28. The molecule has 2 aliphatic rings. The van der Waals surface area contributed by atoms with Crippen LogP contribution in [0.5, 0.6) is 0 Å². The molecule has 0 radical (unpaired) electrons. The number of hydrogen-bond donors (Lipinski definition) is 1. The van der Waals surface area contributed by atoms with E-state index in [-0.39, 0.29) is 22.3 Å².